The van der Waals surface area contributed by atoms with Gasteiger partial charge in [-0.2, -0.15) is 10.5 Å². The number of carbonyl (C=O) groups excluding carboxylic acids is 1. The SMILES string of the molecule is N#Cc1ccc(CCNCC2Nc3c(C#N)cc(F)cc3NC2=O)cc1.c1ccccc1. The fraction of sp³-hybridized carbons (Fsp3) is 0.160. The molecule has 160 valence electrons. The Morgan fingerprint density at radius 3 is 2.22 bits per heavy atom. The lowest BCUT2D eigenvalue weighted by atomic mass is 10.1. The van der Waals surface area contributed by atoms with Crippen molar-refractivity contribution in [2.45, 2.75) is 12.5 Å². The van der Waals surface area contributed by atoms with E-state index in [4.69, 9.17) is 10.5 Å². The van der Waals surface area contributed by atoms with E-state index in [0.29, 0.717) is 24.3 Å². The number of carbonyl (C=O) groups is 1. The molecule has 0 saturated carbocycles. The smallest absolute Gasteiger partial charge is 0.248 e. The second-order valence-electron chi connectivity index (χ2n) is 7.09. The summed E-state index contributed by atoms with van der Waals surface area (Å²) < 4.78 is 13.5. The van der Waals surface area contributed by atoms with E-state index < -0.39 is 11.9 Å². The van der Waals surface area contributed by atoms with Gasteiger partial charge in [0.15, 0.2) is 0 Å². The van der Waals surface area contributed by atoms with Crippen molar-refractivity contribution in [3.05, 3.63) is 95.3 Å². The van der Waals surface area contributed by atoms with Crippen LogP contribution in [0.3, 0.4) is 0 Å². The van der Waals surface area contributed by atoms with Crippen LogP contribution in [-0.4, -0.2) is 25.0 Å². The third kappa shape index (κ3) is 6.15. The summed E-state index contributed by atoms with van der Waals surface area (Å²) >= 11 is 0. The van der Waals surface area contributed by atoms with Gasteiger partial charge in [-0.3, -0.25) is 4.79 Å². The molecule has 3 N–H and O–H groups in total. The second-order valence-corrected chi connectivity index (χ2v) is 7.09. The van der Waals surface area contributed by atoms with Gasteiger partial charge in [-0.1, -0.05) is 48.5 Å². The second kappa shape index (κ2) is 11.3. The lowest BCUT2D eigenvalue weighted by Crippen LogP contribution is -2.46. The summed E-state index contributed by atoms with van der Waals surface area (Å²) in [5.74, 6) is -0.848. The molecule has 7 heteroatoms. The molecule has 0 aromatic heterocycles. The van der Waals surface area contributed by atoms with E-state index in [1.807, 2.05) is 54.6 Å². The maximum absolute atomic E-state index is 13.5. The van der Waals surface area contributed by atoms with Gasteiger partial charge in [-0.25, -0.2) is 4.39 Å². The molecule has 0 spiro atoms. The van der Waals surface area contributed by atoms with E-state index in [1.54, 1.807) is 12.1 Å². The van der Waals surface area contributed by atoms with Crippen molar-refractivity contribution in [2.24, 2.45) is 0 Å². The van der Waals surface area contributed by atoms with E-state index >= 15 is 0 Å². The first-order valence-corrected chi connectivity index (χ1v) is 10.1. The standard InChI is InChI=1S/C19H16FN5O.C6H6/c20-15-7-14(10-22)18-16(8-15)25-19(26)17(24-18)11-23-6-5-12-1-3-13(9-21)4-2-12;1-2-4-6-5-3-1/h1-4,7-8,17,23-24H,5-6,11H2,(H,25,26);1-6H. The van der Waals surface area contributed by atoms with Crippen molar-refractivity contribution in [3.63, 3.8) is 0 Å². The summed E-state index contributed by atoms with van der Waals surface area (Å²) in [6.07, 6.45) is 0.755. The molecule has 1 aliphatic heterocycles. The molecule has 1 heterocycles. The van der Waals surface area contributed by atoms with E-state index in [2.05, 4.69) is 22.0 Å². The largest absolute Gasteiger partial charge is 0.370 e. The third-order valence-corrected chi connectivity index (χ3v) is 4.81. The topological polar surface area (TPSA) is 101 Å². The van der Waals surface area contributed by atoms with Crippen LogP contribution in [0.2, 0.25) is 0 Å². The first-order valence-electron chi connectivity index (χ1n) is 10.1. The molecule has 6 nitrogen and oxygen atoms in total. The molecule has 3 aromatic carbocycles. The highest BCUT2D eigenvalue weighted by Gasteiger charge is 2.27. The van der Waals surface area contributed by atoms with Crippen molar-refractivity contribution >= 4 is 17.3 Å². The number of hydrogen-bond donors (Lipinski definition) is 3. The summed E-state index contributed by atoms with van der Waals surface area (Å²) in [6, 6.07) is 25.1. The molecule has 1 unspecified atom stereocenters. The first kappa shape index (κ1) is 22.5. The van der Waals surface area contributed by atoms with Crippen LogP contribution < -0.4 is 16.0 Å². The average molecular weight is 427 g/mol. The highest BCUT2D eigenvalue weighted by Crippen LogP contribution is 2.31. The van der Waals surface area contributed by atoms with Gasteiger partial charge in [0.05, 0.1) is 28.6 Å². The summed E-state index contributed by atoms with van der Waals surface area (Å²) in [6.45, 7) is 1.02. The van der Waals surface area contributed by atoms with Crippen molar-refractivity contribution in [1.82, 2.24) is 5.32 Å². The molecule has 0 bridgehead atoms. The lowest BCUT2D eigenvalue weighted by molar-refractivity contribution is -0.117. The van der Waals surface area contributed by atoms with Gasteiger partial charge in [-0.15, -0.1) is 0 Å². The van der Waals surface area contributed by atoms with Crippen LogP contribution in [0.1, 0.15) is 16.7 Å². The molecule has 0 saturated heterocycles. The van der Waals surface area contributed by atoms with Gasteiger partial charge in [0.2, 0.25) is 5.91 Å². The van der Waals surface area contributed by atoms with Crippen molar-refractivity contribution in [1.29, 1.82) is 10.5 Å². The molecule has 0 fully saturated rings. The predicted octanol–water partition coefficient (Wildman–Crippen LogP) is 3.82. The van der Waals surface area contributed by atoms with Crippen LogP contribution in [0.4, 0.5) is 15.8 Å². The van der Waals surface area contributed by atoms with Gasteiger partial charge in [0.1, 0.15) is 17.9 Å². The quantitative estimate of drug-likeness (QED) is 0.538. The summed E-state index contributed by atoms with van der Waals surface area (Å²) in [5, 5.41) is 26.8. The van der Waals surface area contributed by atoms with E-state index in [1.165, 1.54) is 6.07 Å². The maximum atomic E-state index is 13.5. The summed E-state index contributed by atoms with van der Waals surface area (Å²) in [4.78, 5) is 12.2. The molecule has 4 rings (SSSR count). The van der Waals surface area contributed by atoms with Crippen LogP contribution in [-0.2, 0) is 11.2 Å². The average Bonchev–Trinajstić information content (AvgIpc) is 2.83. The number of rotatable bonds is 5. The normalized spacial score (nSPS) is 13.8. The number of anilines is 2. The Morgan fingerprint density at radius 2 is 1.62 bits per heavy atom. The fourth-order valence-corrected chi connectivity index (χ4v) is 3.16. The molecule has 32 heavy (non-hydrogen) atoms. The van der Waals surface area contributed by atoms with Gasteiger partial charge < -0.3 is 16.0 Å². The lowest BCUT2D eigenvalue weighted by Gasteiger charge is -2.27. The number of nitriles is 2. The molecular formula is C25H22FN5O. The van der Waals surface area contributed by atoms with Crippen LogP contribution in [0.15, 0.2) is 72.8 Å². The number of fused-ring (bicyclic) bond motifs is 1. The molecule has 1 aliphatic rings. The van der Waals surface area contributed by atoms with Gasteiger partial charge in [-0.05, 0) is 42.8 Å². The minimum Gasteiger partial charge on any atom is -0.370 e. The molecular weight excluding hydrogens is 405 g/mol. The van der Waals surface area contributed by atoms with Crippen LogP contribution in [0.5, 0.6) is 0 Å². The fourth-order valence-electron chi connectivity index (χ4n) is 3.16. The van der Waals surface area contributed by atoms with E-state index in [-0.39, 0.29) is 17.2 Å². The minimum atomic E-state index is -0.568. The molecule has 0 aliphatic carbocycles. The van der Waals surface area contributed by atoms with E-state index in [9.17, 15) is 9.18 Å². The Balaban J connectivity index is 0.000000416. The Morgan fingerprint density at radius 1 is 0.969 bits per heavy atom. The zero-order valence-electron chi connectivity index (χ0n) is 17.3. The first-order chi connectivity index (χ1) is 15.6. The molecule has 0 radical (unpaired) electrons. The highest BCUT2D eigenvalue weighted by molar-refractivity contribution is 6.04. The molecule has 1 atom stereocenters. The predicted molar refractivity (Wildman–Crippen MR) is 121 cm³/mol. The minimum absolute atomic E-state index is 0.155. The van der Waals surface area contributed by atoms with E-state index in [0.717, 1.165) is 18.1 Å². The Bertz CT molecular complexity index is 1110. The highest BCUT2D eigenvalue weighted by atomic mass is 19.1. The van der Waals surface area contributed by atoms with Crippen LogP contribution in [0, 0.1) is 28.5 Å². The number of halogens is 1. The molecule has 3 aromatic rings. The number of benzene rings is 3. The number of nitrogens with one attached hydrogen (secondary N) is 3. The maximum Gasteiger partial charge on any atom is 0.248 e. The van der Waals surface area contributed by atoms with Crippen LogP contribution >= 0.6 is 0 Å². The summed E-state index contributed by atoms with van der Waals surface area (Å²) in [5.41, 5.74) is 2.58. The van der Waals surface area contributed by atoms with Crippen molar-refractivity contribution < 1.29 is 9.18 Å². The van der Waals surface area contributed by atoms with Crippen molar-refractivity contribution in [2.75, 3.05) is 23.7 Å². The number of nitrogens with zero attached hydrogens (tertiary/aromatic N) is 2. The number of amides is 1. The van der Waals surface area contributed by atoms with Gasteiger partial charge in [0, 0.05) is 6.54 Å². The van der Waals surface area contributed by atoms with Crippen LogP contribution in [0.25, 0.3) is 0 Å². The molecule has 1 amide bonds. The Hall–Kier alpha value is -4.20. The zero-order valence-corrected chi connectivity index (χ0v) is 17.3. The van der Waals surface area contributed by atoms with Crippen molar-refractivity contribution in [3.8, 4) is 12.1 Å². The van der Waals surface area contributed by atoms with Gasteiger partial charge in [0.25, 0.3) is 0 Å². The summed E-state index contributed by atoms with van der Waals surface area (Å²) in [7, 11) is 0. The third-order valence-electron chi connectivity index (χ3n) is 4.81. The zero-order chi connectivity index (χ0) is 22.8. The Labute approximate surface area is 186 Å². The monoisotopic (exact) mass is 427 g/mol. The number of hydrogen-bond acceptors (Lipinski definition) is 5. The van der Waals surface area contributed by atoms with Gasteiger partial charge >= 0.3 is 0 Å². The Kier molecular flexibility index (Phi) is 7.91.